The lowest BCUT2D eigenvalue weighted by molar-refractivity contribution is 0.0948. The van der Waals surface area contributed by atoms with E-state index >= 15 is 0 Å². The fourth-order valence-electron chi connectivity index (χ4n) is 2.83. The molecule has 6 heteroatoms. The molecule has 1 aliphatic heterocycles. The van der Waals surface area contributed by atoms with E-state index in [2.05, 4.69) is 15.3 Å². The van der Waals surface area contributed by atoms with Gasteiger partial charge in [-0.3, -0.25) is 4.79 Å². The highest BCUT2D eigenvalue weighted by molar-refractivity contribution is 8.06. The van der Waals surface area contributed by atoms with Crippen molar-refractivity contribution >= 4 is 29.4 Å². The van der Waals surface area contributed by atoms with Gasteiger partial charge in [-0.1, -0.05) is 12.8 Å². The van der Waals surface area contributed by atoms with Crippen LogP contribution >= 0.6 is 23.5 Å². The summed E-state index contributed by atoms with van der Waals surface area (Å²) in [5.41, 5.74) is 0.514. The molecule has 0 radical (unpaired) electrons. The van der Waals surface area contributed by atoms with Crippen LogP contribution in [0.2, 0.25) is 0 Å². The molecule has 1 aliphatic carbocycles. The molecule has 1 atom stereocenters. The molecule has 1 saturated carbocycles. The third-order valence-corrected chi connectivity index (χ3v) is 6.85. The van der Waals surface area contributed by atoms with Gasteiger partial charge in [0.1, 0.15) is 11.5 Å². The smallest absolute Gasteiger partial charge is 0.270 e. The predicted octanol–water partition coefficient (Wildman–Crippen LogP) is 2.71. The van der Waals surface area contributed by atoms with Gasteiger partial charge < -0.3 is 5.32 Å². The normalized spacial score (nSPS) is 23.1. The lowest BCUT2D eigenvalue weighted by Gasteiger charge is -2.21. The molecule has 21 heavy (non-hydrogen) atoms. The summed E-state index contributed by atoms with van der Waals surface area (Å²) in [6.45, 7) is 0.735. The molecule has 2 heterocycles. The van der Waals surface area contributed by atoms with E-state index in [1.165, 1.54) is 24.3 Å². The summed E-state index contributed by atoms with van der Waals surface area (Å²) in [7, 11) is 0. The van der Waals surface area contributed by atoms with Crippen molar-refractivity contribution in [2.75, 3.05) is 23.8 Å². The van der Waals surface area contributed by atoms with Crippen LogP contribution in [-0.2, 0) is 0 Å². The maximum absolute atomic E-state index is 12.2. The fraction of sp³-hybridized carbons (Fsp3) is 0.667. The van der Waals surface area contributed by atoms with E-state index in [0.717, 1.165) is 31.0 Å². The van der Waals surface area contributed by atoms with Gasteiger partial charge in [-0.25, -0.2) is 9.97 Å². The molecule has 1 saturated heterocycles. The van der Waals surface area contributed by atoms with Gasteiger partial charge in [-0.05, 0) is 18.9 Å². The lowest BCUT2D eigenvalue weighted by Crippen LogP contribution is -2.34. The Morgan fingerprint density at radius 2 is 2.19 bits per heavy atom. The van der Waals surface area contributed by atoms with Crippen LogP contribution in [0, 0.1) is 0 Å². The van der Waals surface area contributed by atoms with Crippen molar-refractivity contribution in [1.29, 1.82) is 0 Å². The summed E-state index contributed by atoms with van der Waals surface area (Å²) in [6, 6.07) is 1.72. The Balaban J connectivity index is 1.57. The number of hydrogen-bond acceptors (Lipinski definition) is 5. The van der Waals surface area contributed by atoms with Crippen LogP contribution < -0.4 is 5.32 Å². The molecule has 114 valence electrons. The predicted molar refractivity (Wildman–Crippen MR) is 89.1 cm³/mol. The van der Waals surface area contributed by atoms with Crippen molar-refractivity contribution in [3.8, 4) is 0 Å². The minimum Gasteiger partial charge on any atom is -0.350 e. The number of thioether (sulfide) groups is 2. The van der Waals surface area contributed by atoms with E-state index in [1.54, 1.807) is 12.3 Å². The first kappa shape index (κ1) is 15.2. The van der Waals surface area contributed by atoms with Crippen molar-refractivity contribution in [1.82, 2.24) is 15.3 Å². The van der Waals surface area contributed by atoms with E-state index in [1.807, 2.05) is 23.5 Å². The standard InChI is InChI=1S/C15H21N3OS2/c19-15(17-9-12-10-20-7-8-21-12)13-5-6-16-14(18-13)11-3-1-2-4-11/h5-6,11-12H,1-4,7-10H2,(H,17,19)/t12-/m0/s1. The molecule has 1 aromatic heterocycles. The number of nitrogens with zero attached hydrogens (tertiary/aromatic N) is 2. The summed E-state index contributed by atoms with van der Waals surface area (Å²) in [5, 5.41) is 3.55. The molecule has 0 aromatic carbocycles. The maximum Gasteiger partial charge on any atom is 0.270 e. The molecule has 0 spiro atoms. The van der Waals surface area contributed by atoms with Gasteiger partial charge in [0.2, 0.25) is 0 Å². The summed E-state index contributed by atoms with van der Waals surface area (Å²) in [4.78, 5) is 21.1. The average Bonchev–Trinajstić information content (AvgIpc) is 3.08. The molecule has 3 rings (SSSR count). The highest BCUT2D eigenvalue weighted by Crippen LogP contribution is 2.31. The largest absolute Gasteiger partial charge is 0.350 e. The quantitative estimate of drug-likeness (QED) is 0.923. The third kappa shape index (κ3) is 4.13. The van der Waals surface area contributed by atoms with Crippen LogP contribution in [0.4, 0.5) is 0 Å². The molecule has 4 nitrogen and oxygen atoms in total. The Morgan fingerprint density at radius 3 is 2.95 bits per heavy atom. The number of nitrogens with one attached hydrogen (secondary N) is 1. The van der Waals surface area contributed by atoms with Gasteiger partial charge in [0.05, 0.1) is 0 Å². The Morgan fingerprint density at radius 1 is 1.33 bits per heavy atom. The molecule has 2 fully saturated rings. The van der Waals surface area contributed by atoms with Crippen molar-refractivity contribution in [3.05, 3.63) is 23.8 Å². The lowest BCUT2D eigenvalue weighted by atomic mass is 10.1. The highest BCUT2D eigenvalue weighted by atomic mass is 32.2. The third-order valence-electron chi connectivity index (χ3n) is 4.00. The molecule has 1 N–H and O–H groups in total. The van der Waals surface area contributed by atoms with Gasteiger partial charge in [0.25, 0.3) is 5.91 Å². The van der Waals surface area contributed by atoms with Crippen LogP contribution in [0.1, 0.15) is 47.9 Å². The number of amides is 1. The zero-order valence-electron chi connectivity index (χ0n) is 12.1. The Bertz CT molecular complexity index is 486. The van der Waals surface area contributed by atoms with Crippen molar-refractivity contribution in [3.63, 3.8) is 0 Å². The first-order chi connectivity index (χ1) is 10.3. The highest BCUT2D eigenvalue weighted by Gasteiger charge is 2.21. The first-order valence-corrected chi connectivity index (χ1v) is 9.84. The number of aromatic nitrogens is 2. The van der Waals surface area contributed by atoms with E-state index < -0.39 is 0 Å². The Kier molecular flexibility index (Phi) is 5.41. The second-order valence-electron chi connectivity index (χ2n) is 5.56. The van der Waals surface area contributed by atoms with Crippen molar-refractivity contribution in [2.24, 2.45) is 0 Å². The molecule has 0 bridgehead atoms. The number of carbonyl (C=O) groups is 1. The number of rotatable bonds is 4. The van der Waals surface area contributed by atoms with E-state index in [-0.39, 0.29) is 5.91 Å². The summed E-state index contributed by atoms with van der Waals surface area (Å²) in [6.07, 6.45) is 6.53. The fourth-order valence-corrected chi connectivity index (χ4v) is 5.44. The zero-order valence-corrected chi connectivity index (χ0v) is 13.7. The van der Waals surface area contributed by atoms with Gasteiger partial charge in [0.15, 0.2) is 0 Å². The second-order valence-corrected chi connectivity index (χ2v) is 8.12. The molecule has 2 aliphatic rings. The maximum atomic E-state index is 12.2. The van der Waals surface area contributed by atoms with Gasteiger partial charge in [-0.2, -0.15) is 23.5 Å². The van der Waals surface area contributed by atoms with Crippen LogP contribution in [0.3, 0.4) is 0 Å². The monoisotopic (exact) mass is 323 g/mol. The topological polar surface area (TPSA) is 54.9 Å². The Hall–Kier alpha value is -0.750. The van der Waals surface area contributed by atoms with Crippen LogP contribution in [-0.4, -0.2) is 44.9 Å². The number of hydrogen-bond donors (Lipinski definition) is 1. The van der Waals surface area contributed by atoms with Gasteiger partial charge in [0, 0.05) is 41.2 Å². The molecule has 1 amide bonds. The zero-order chi connectivity index (χ0) is 14.5. The van der Waals surface area contributed by atoms with Crippen molar-refractivity contribution < 1.29 is 4.79 Å². The molecule has 0 unspecified atom stereocenters. The van der Waals surface area contributed by atoms with Gasteiger partial charge >= 0.3 is 0 Å². The Labute approximate surface area is 134 Å². The SMILES string of the molecule is O=C(NC[C@H]1CSCCS1)c1ccnc(C2CCCC2)n1. The minimum absolute atomic E-state index is 0.0622. The molecular formula is C15H21N3OS2. The molecule has 1 aromatic rings. The van der Waals surface area contributed by atoms with Crippen LogP contribution in [0.25, 0.3) is 0 Å². The van der Waals surface area contributed by atoms with Gasteiger partial charge in [-0.15, -0.1) is 0 Å². The summed E-state index contributed by atoms with van der Waals surface area (Å²) < 4.78 is 0. The second kappa shape index (κ2) is 7.49. The summed E-state index contributed by atoms with van der Waals surface area (Å²) >= 11 is 3.93. The summed E-state index contributed by atoms with van der Waals surface area (Å²) in [5.74, 6) is 4.77. The van der Waals surface area contributed by atoms with Crippen LogP contribution in [0.15, 0.2) is 12.3 Å². The molecular weight excluding hydrogens is 302 g/mol. The van der Waals surface area contributed by atoms with Crippen molar-refractivity contribution in [2.45, 2.75) is 36.9 Å². The number of carbonyl (C=O) groups excluding carboxylic acids is 1. The van der Waals surface area contributed by atoms with E-state index in [4.69, 9.17) is 0 Å². The van der Waals surface area contributed by atoms with E-state index in [9.17, 15) is 4.79 Å². The van der Waals surface area contributed by atoms with E-state index in [0.29, 0.717) is 16.9 Å². The van der Waals surface area contributed by atoms with Crippen LogP contribution in [0.5, 0.6) is 0 Å². The average molecular weight is 323 g/mol. The minimum atomic E-state index is -0.0622. The first-order valence-electron chi connectivity index (χ1n) is 7.63.